The molecule has 0 amide bonds. The van der Waals surface area contributed by atoms with E-state index in [1.807, 2.05) is 0 Å². The van der Waals surface area contributed by atoms with Crippen molar-refractivity contribution < 1.29 is 19.1 Å². The minimum atomic E-state index is -0.746. The summed E-state index contributed by atoms with van der Waals surface area (Å²) in [6.45, 7) is 2.58. The van der Waals surface area contributed by atoms with Gasteiger partial charge >= 0.3 is 23.3 Å². The van der Waals surface area contributed by atoms with E-state index in [1.54, 1.807) is 0 Å². The molecule has 1 aliphatic rings. The summed E-state index contributed by atoms with van der Waals surface area (Å²) in [6.07, 6.45) is -0.669. The zero-order valence-electron chi connectivity index (χ0n) is 12.3. The fraction of sp³-hybridized carbons (Fsp3) is 0.667. The number of rotatable bonds is 3. The number of ether oxygens (including phenoxy) is 2. The lowest BCUT2D eigenvalue weighted by Crippen LogP contribution is -2.51. The zero-order chi connectivity index (χ0) is 16.6. The summed E-state index contributed by atoms with van der Waals surface area (Å²) >= 11 is 2.06. The van der Waals surface area contributed by atoms with Gasteiger partial charge in [-0.2, -0.15) is 0 Å². The molecule has 2 rings (SSSR count). The highest BCUT2D eigenvalue weighted by Crippen LogP contribution is 2.27. The fourth-order valence-corrected chi connectivity index (χ4v) is 3.45. The molecule has 122 valence electrons. The van der Waals surface area contributed by atoms with E-state index < -0.39 is 35.5 Å². The van der Waals surface area contributed by atoms with Crippen molar-refractivity contribution in [1.82, 2.24) is 13.9 Å². The second kappa shape index (κ2) is 6.26. The Kier molecular flexibility index (Phi) is 4.78. The summed E-state index contributed by atoms with van der Waals surface area (Å²) in [7, 11) is 1.37. The van der Waals surface area contributed by atoms with Gasteiger partial charge in [-0.05, 0) is 0 Å². The van der Waals surface area contributed by atoms with E-state index in [4.69, 9.17) is 9.47 Å². The highest BCUT2D eigenvalue weighted by Gasteiger charge is 2.41. The minimum absolute atomic E-state index is 0.157. The van der Waals surface area contributed by atoms with Crippen molar-refractivity contribution in [1.29, 1.82) is 0 Å². The second-order valence-corrected chi connectivity index (χ2v) is 6.61. The molecule has 1 aliphatic heterocycles. The summed E-state index contributed by atoms with van der Waals surface area (Å²) in [4.78, 5) is 46.7. The molecular formula is C12H16IN3O6. The van der Waals surface area contributed by atoms with Gasteiger partial charge in [-0.15, -0.1) is 0 Å². The number of alkyl halides is 1. The summed E-state index contributed by atoms with van der Waals surface area (Å²) in [6, 6.07) is -0.746. The van der Waals surface area contributed by atoms with Crippen molar-refractivity contribution in [2.24, 2.45) is 7.05 Å². The Labute approximate surface area is 138 Å². The average Bonchev–Trinajstić information content (AvgIpc) is 2.63. The lowest BCUT2D eigenvalue weighted by molar-refractivity contribution is -0.154. The number of aromatic nitrogens is 3. The maximum atomic E-state index is 12.2. The Hall–Kier alpha value is -1.59. The van der Waals surface area contributed by atoms with Crippen LogP contribution in [-0.2, 0) is 32.7 Å². The number of carbonyl (C=O) groups is 2. The Balaban J connectivity index is 2.52. The number of esters is 2. The third kappa shape index (κ3) is 2.96. The van der Waals surface area contributed by atoms with Gasteiger partial charge in [-0.25, -0.2) is 23.5 Å². The third-order valence-corrected chi connectivity index (χ3v) is 4.51. The quantitative estimate of drug-likeness (QED) is 0.357. The molecule has 2 heterocycles. The molecule has 0 fully saturated rings. The molecule has 0 radical (unpaired) electrons. The Morgan fingerprint density at radius 1 is 1.23 bits per heavy atom. The second-order valence-electron chi connectivity index (χ2n) is 5.01. The summed E-state index contributed by atoms with van der Waals surface area (Å²) in [5.74, 6) is -1.02. The van der Waals surface area contributed by atoms with Crippen LogP contribution in [0, 0.1) is 0 Å². The number of carbonyl (C=O) groups excluding carboxylic acids is 2. The van der Waals surface area contributed by atoms with Gasteiger partial charge < -0.3 is 9.47 Å². The van der Waals surface area contributed by atoms with Crippen molar-refractivity contribution in [3.63, 3.8) is 0 Å². The fourth-order valence-electron chi connectivity index (χ4n) is 2.45. The van der Waals surface area contributed by atoms with Crippen LogP contribution in [0.3, 0.4) is 0 Å². The van der Waals surface area contributed by atoms with Crippen LogP contribution < -0.4 is 11.4 Å². The first-order valence-electron chi connectivity index (χ1n) is 6.57. The van der Waals surface area contributed by atoms with Gasteiger partial charge in [0.25, 0.3) is 0 Å². The molecule has 22 heavy (non-hydrogen) atoms. The van der Waals surface area contributed by atoms with E-state index in [-0.39, 0.29) is 17.1 Å². The van der Waals surface area contributed by atoms with Crippen LogP contribution in [0.15, 0.2) is 9.59 Å². The molecule has 1 aromatic rings. The van der Waals surface area contributed by atoms with E-state index in [0.29, 0.717) is 0 Å². The SMILES string of the molecule is CC(=O)OC[C@@H]1[C@@H](OC(C)=O)[C@H](I)Cn2c(=O)n(C)c(=O)n21. The summed E-state index contributed by atoms with van der Waals surface area (Å²) in [5.41, 5.74) is -0.997. The van der Waals surface area contributed by atoms with E-state index >= 15 is 0 Å². The lowest BCUT2D eigenvalue weighted by atomic mass is 10.1. The van der Waals surface area contributed by atoms with Crippen LogP contribution >= 0.6 is 22.6 Å². The average molecular weight is 425 g/mol. The van der Waals surface area contributed by atoms with Crippen LogP contribution in [0.5, 0.6) is 0 Å². The molecule has 0 saturated heterocycles. The lowest BCUT2D eigenvalue weighted by Gasteiger charge is -2.35. The molecular weight excluding hydrogens is 409 g/mol. The van der Waals surface area contributed by atoms with E-state index in [9.17, 15) is 19.2 Å². The van der Waals surface area contributed by atoms with Gasteiger partial charge in [0.1, 0.15) is 18.8 Å². The van der Waals surface area contributed by atoms with Crippen molar-refractivity contribution in [2.75, 3.05) is 6.61 Å². The highest BCUT2D eigenvalue weighted by molar-refractivity contribution is 14.1. The minimum Gasteiger partial charge on any atom is -0.463 e. The largest absolute Gasteiger partial charge is 0.463 e. The van der Waals surface area contributed by atoms with Crippen LogP contribution in [0.1, 0.15) is 19.9 Å². The van der Waals surface area contributed by atoms with Gasteiger partial charge in [0.15, 0.2) is 0 Å². The van der Waals surface area contributed by atoms with E-state index in [1.165, 1.54) is 30.3 Å². The molecule has 10 heteroatoms. The van der Waals surface area contributed by atoms with E-state index in [2.05, 4.69) is 22.6 Å². The number of fused-ring (bicyclic) bond motifs is 1. The normalized spacial score (nSPS) is 23.7. The van der Waals surface area contributed by atoms with Crippen molar-refractivity contribution >= 4 is 34.5 Å². The highest BCUT2D eigenvalue weighted by atomic mass is 127. The first-order valence-corrected chi connectivity index (χ1v) is 7.81. The predicted molar refractivity (Wildman–Crippen MR) is 83.0 cm³/mol. The van der Waals surface area contributed by atoms with Gasteiger partial charge in [-0.3, -0.25) is 9.59 Å². The Bertz CT molecular complexity index is 717. The summed E-state index contributed by atoms with van der Waals surface area (Å²) < 4.78 is 13.5. The molecule has 0 N–H and O–H groups in total. The zero-order valence-corrected chi connectivity index (χ0v) is 14.5. The number of nitrogens with zero attached hydrogens (tertiary/aromatic N) is 3. The maximum Gasteiger partial charge on any atom is 0.347 e. The topological polar surface area (TPSA) is 102 Å². The third-order valence-electron chi connectivity index (χ3n) is 3.41. The molecule has 0 aromatic carbocycles. The standard InChI is InChI=1S/C12H16IN3O6/c1-6(17)21-5-9-10(22-7(2)18)8(13)4-15-11(19)14(3)12(20)16(9)15/h8-10H,4-5H2,1-3H3/t8-,9-,10+/m1/s1. The Morgan fingerprint density at radius 3 is 2.41 bits per heavy atom. The monoisotopic (exact) mass is 425 g/mol. The Morgan fingerprint density at radius 2 is 1.86 bits per heavy atom. The first kappa shape index (κ1) is 16.8. The van der Waals surface area contributed by atoms with Crippen LogP contribution in [0.25, 0.3) is 0 Å². The molecule has 1 aromatic heterocycles. The van der Waals surface area contributed by atoms with Crippen molar-refractivity contribution in [3.05, 3.63) is 21.0 Å². The van der Waals surface area contributed by atoms with Gasteiger partial charge in [-0.1, -0.05) is 22.6 Å². The molecule has 0 bridgehead atoms. The number of hydrogen-bond acceptors (Lipinski definition) is 6. The van der Waals surface area contributed by atoms with Crippen molar-refractivity contribution in [2.45, 2.75) is 36.5 Å². The predicted octanol–water partition coefficient (Wildman–Crippen LogP) is -0.798. The number of halogens is 1. The molecule has 3 atom stereocenters. The van der Waals surface area contributed by atoms with Crippen LogP contribution in [0.4, 0.5) is 0 Å². The molecule has 0 aliphatic carbocycles. The van der Waals surface area contributed by atoms with Gasteiger partial charge in [0, 0.05) is 20.9 Å². The van der Waals surface area contributed by atoms with Crippen LogP contribution in [-0.4, -0.2) is 42.5 Å². The molecule has 0 unspecified atom stereocenters. The molecule has 0 spiro atoms. The van der Waals surface area contributed by atoms with E-state index in [0.717, 1.165) is 4.57 Å². The maximum absolute atomic E-state index is 12.2. The smallest absolute Gasteiger partial charge is 0.347 e. The van der Waals surface area contributed by atoms with Crippen molar-refractivity contribution in [3.8, 4) is 0 Å². The first-order chi connectivity index (χ1) is 10.2. The van der Waals surface area contributed by atoms with Gasteiger partial charge in [0.2, 0.25) is 0 Å². The summed E-state index contributed by atoms with van der Waals surface area (Å²) in [5, 5.41) is 0. The van der Waals surface area contributed by atoms with Gasteiger partial charge in [0.05, 0.1) is 10.5 Å². The number of hydrogen-bond donors (Lipinski definition) is 0. The van der Waals surface area contributed by atoms with Crippen LogP contribution in [0.2, 0.25) is 0 Å². The molecule has 0 saturated carbocycles. The molecule has 9 nitrogen and oxygen atoms in total.